The van der Waals surface area contributed by atoms with E-state index in [1.165, 1.54) is 33.7 Å². The monoisotopic (exact) mass is 494 g/mol. The number of hydrogen-bond donors (Lipinski definition) is 0. The van der Waals surface area contributed by atoms with Crippen molar-refractivity contribution >= 4 is 0 Å². The van der Waals surface area contributed by atoms with Gasteiger partial charge in [0.15, 0.2) is 0 Å². The summed E-state index contributed by atoms with van der Waals surface area (Å²) in [6.07, 6.45) is 3.32. The molecule has 0 radical (unpaired) electrons. The molecule has 0 spiro atoms. The maximum Gasteiger partial charge on any atom is 1.00 e. The van der Waals surface area contributed by atoms with E-state index in [0.29, 0.717) is 0 Å². The summed E-state index contributed by atoms with van der Waals surface area (Å²) in [5.41, 5.74) is 6.62. The zero-order valence-electron chi connectivity index (χ0n) is 17.1. The van der Waals surface area contributed by atoms with Gasteiger partial charge in [0.25, 0.3) is 0 Å². The molecule has 0 unspecified atom stereocenters. The molecule has 4 aromatic rings. The van der Waals surface area contributed by atoms with Crippen LogP contribution in [0.4, 0.5) is 0 Å². The molecule has 0 saturated heterocycles. The third-order valence-corrected chi connectivity index (χ3v) is 5.20. The van der Waals surface area contributed by atoms with Gasteiger partial charge in [-0.15, -0.1) is 41.3 Å². The van der Waals surface area contributed by atoms with Gasteiger partial charge in [0, 0.05) is 0 Å². The zero-order chi connectivity index (χ0) is 19.0. The summed E-state index contributed by atoms with van der Waals surface area (Å²) < 4.78 is 0. The average molecular weight is 494 g/mol. The van der Waals surface area contributed by atoms with Crippen LogP contribution in [-0.4, -0.2) is 0 Å². The van der Waals surface area contributed by atoms with Crippen molar-refractivity contribution in [3.8, 4) is 11.1 Å². The average Bonchev–Trinajstić information content (AvgIpc) is 2.79. The summed E-state index contributed by atoms with van der Waals surface area (Å²) in [4.78, 5) is 0. The fraction of sp³-hybridized carbons (Fsp3) is 0.107. The fourth-order valence-corrected chi connectivity index (χ4v) is 3.70. The van der Waals surface area contributed by atoms with Crippen molar-refractivity contribution < 1.29 is 68.9 Å². The van der Waals surface area contributed by atoms with Crippen molar-refractivity contribution in [2.75, 3.05) is 0 Å². The molecule has 0 fully saturated rings. The molecule has 0 atom stereocenters. The molecule has 29 heavy (non-hydrogen) atoms. The predicted octanol–water partition coefficient (Wildman–Crippen LogP) is 4.35. The Morgan fingerprint density at radius 3 is 1.45 bits per heavy atom. The fourth-order valence-electron chi connectivity index (χ4n) is 3.70. The van der Waals surface area contributed by atoms with Crippen LogP contribution in [0.25, 0.3) is 11.1 Å². The molecule has 4 aromatic carbocycles. The van der Waals surface area contributed by atoms with E-state index in [4.69, 9.17) is 0 Å². The van der Waals surface area contributed by atoms with E-state index < -0.39 is 0 Å². The molecule has 0 aliphatic heterocycles. The van der Waals surface area contributed by atoms with E-state index in [9.17, 15) is 0 Å². The first kappa shape index (κ1) is 22.5. The van der Waals surface area contributed by atoms with Gasteiger partial charge in [-0.1, -0.05) is 104 Å². The van der Waals surface area contributed by atoms with E-state index >= 15 is 0 Å². The van der Waals surface area contributed by atoms with Gasteiger partial charge in [0.1, 0.15) is 0 Å². The summed E-state index contributed by atoms with van der Waals surface area (Å²) in [6, 6.07) is 41.1. The number of aryl methyl sites for hydroxylation is 1. The van der Waals surface area contributed by atoms with E-state index in [1.807, 2.05) is 0 Å². The minimum atomic E-state index is 0. The molecule has 0 nitrogen and oxygen atoms in total. The Hall–Kier alpha value is -1.20. The molecule has 0 N–H and O–H groups in total. The Kier molecular flexibility index (Phi) is 9.19. The van der Waals surface area contributed by atoms with Crippen molar-refractivity contribution in [1.82, 2.24) is 0 Å². The minimum Gasteiger partial charge on any atom is -0.120 e. The largest absolute Gasteiger partial charge is 1.00 e. The van der Waals surface area contributed by atoms with E-state index in [2.05, 4.69) is 115 Å². The van der Waals surface area contributed by atoms with Crippen LogP contribution in [0.1, 0.15) is 29.5 Å². The molecule has 1 heteroatoms. The molecule has 138 valence electrons. The van der Waals surface area contributed by atoms with Crippen LogP contribution in [-0.2, 0) is 6.42 Å². The summed E-state index contributed by atoms with van der Waals surface area (Å²) in [5, 5.41) is 0. The third-order valence-electron chi connectivity index (χ3n) is 5.20. The van der Waals surface area contributed by atoms with Gasteiger partial charge in [0.2, 0.25) is 0 Å². The van der Waals surface area contributed by atoms with Crippen LogP contribution < -0.4 is 68.9 Å². The quantitative estimate of drug-likeness (QED) is 0.335. The minimum absolute atomic E-state index is 0. The number of rotatable bonds is 7. The van der Waals surface area contributed by atoms with Gasteiger partial charge in [0.05, 0.1) is 0 Å². The second-order valence-electron chi connectivity index (χ2n) is 7.13. The van der Waals surface area contributed by atoms with E-state index in [-0.39, 0.29) is 68.9 Å². The van der Waals surface area contributed by atoms with Crippen molar-refractivity contribution in [2.45, 2.75) is 19.3 Å². The molecule has 0 amide bonds. The molecule has 0 bridgehead atoms. The first-order valence-electron chi connectivity index (χ1n) is 10.0. The molecular weight excluding hydrogens is 469 g/mol. The van der Waals surface area contributed by atoms with Crippen LogP contribution in [0.2, 0.25) is 0 Å². The number of benzene rings is 4. The summed E-state index contributed by atoms with van der Waals surface area (Å²) in [7, 11) is 0. The molecular formula is C28H25Cs. The van der Waals surface area contributed by atoms with Crippen LogP contribution in [0, 0.1) is 5.92 Å². The molecule has 0 aliphatic carbocycles. The Morgan fingerprint density at radius 2 is 0.931 bits per heavy atom. The molecule has 0 aliphatic rings. The Balaban J connectivity index is 0.00000240. The van der Waals surface area contributed by atoms with Crippen LogP contribution >= 0.6 is 0 Å². The van der Waals surface area contributed by atoms with Crippen LogP contribution in [0.3, 0.4) is 0 Å². The van der Waals surface area contributed by atoms with Gasteiger partial charge >= 0.3 is 68.9 Å². The maximum atomic E-state index is 2.27. The first-order valence-corrected chi connectivity index (χ1v) is 10.0. The van der Waals surface area contributed by atoms with Crippen LogP contribution in [0.5, 0.6) is 0 Å². The van der Waals surface area contributed by atoms with E-state index in [0.717, 1.165) is 19.3 Å². The third kappa shape index (κ3) is 6.39. The summed E-state index contributed by atoms with van der Waals surface area (Å²) in [5.74, 6) is 1.43. The van der Waals surface area contributed by atoms with Gasteiger partial charge in [-0.25, -0.2) is 0 Å². The topological polar surface area (TPSA) is 0 Å². The van der Waals surface area contributed by atoms with Gasteiger partial charge < -0.3 is 0 Å². The standard InChI is InChI=1S/C28H25.Cs/c1-4-12-24(13-5-1)25-21-19-23(20-22-25)11-10-18-28(26-14-6-2-7-15-26)27-16-8-3-9-17-27;/h1-9,12-17,19-22H,10-11,18H2;/q-1;+1. The molecule has 0 aromatic heterocycles. The SMILES string of the molecule is [Cs+].c1ccc(-c2ccc(CCC[C-](c3ccccc3)c3ccccc3)cc2)cc1. The molecule has 4 rings (SSSR count). The second-order valence-corrected chi connectivity index (χ2v) is 7.13. The van der Waals surface area contributed by atoms with Gasteiger partial charge in [-0.3, -0.25) is 0 Å². The van der Waals surface area contributed by atoms with Crippen molar-refractivity contribution in [3.63, 3.8) is 0 Å². The summed E-state index contributed by atoms with van der Waals surface area (Å²) >= 11 is 0. The van der Waals surface area contributed by atoms with Crippen molar-refractivity contribution in [3.05, 3.63) is 138 Å². The van der Waals surface area contributed by atoms with Crippen molar-refractivity contribution in [1.29, 1.82) is 0 Å². The van der Waals surface area contributed by atoms with Crippen LogP contribution in [0.15, 0.2) is 115 Å². The Bertz CT molecular complexity index is 921. The molecule has 0 heterocycles. The number of hydrogen-bond acceptors (Lipinski definition) is 0. The first-order chi connectivity index (χ1) is 13.9. The van der Waals surface area contributed by atoms with E-state index in [1.54, 1.807) is 0 Å². The smallest absolute Gasteiger partial charge is 0.120 e. The second kappa shape index (κ2) is 11.9. The zero-order valence-corrected chi connectivity index (χ0v) is 23.4. The van der Waals surface area contributed by atoms with Gasteiger partial charge in [-0.05, 0) is 23.1 Å². The predicted molar refractivity (Wildman–Crippen MR) is 119 cm³/mol. The van der Waals surface area contributed by atoms with Crippen molar-refractivity contribution in [2.24, 2.45) is 0 Å². The molecule has 0 saturated carbocycles. The Labute approximate surface area is 233 Å². The normalized spacial score (nSPS) is 10.2. The summed E-state index contributed by atoms with van der Waals surface area (Å²) in [6.45, 7) is 0. The van der Waals surface area contributed by atoms with Gasteiger partial charge in [-0.2, -0.15) is 0 Å². The Morgan fingerprint density at radius 1 is 0.483 bits per heavy atom. The maximum absolute atomic E-state index is 2.27.